The number of hydrogen-bond acceptors (Lipinski definition) is 20. The van der Waals surface area contributed by atoms with Gasteiger partial charge in [0, 0.05) is 24.8 Å². The van der Waals surface area contributed by atoms with Crippen molar-refractivity contribution in [1.82, 2.24) is 58.1 Å². The first-order valence-corrected chi connectivity index (χ1v) is 44.8. The Morgan fingerprint density at radius 2 is 0.750 bits per heavy atom. The molecule has 0 saturated carbocycles. The van der Waals surface area contributed by atoms with E-state index in [-0.39, 0.29) is 39.5 Å². The number of nitrogens with zero attached hydrogens (tertiary/aromatic N) is 12. The van der Waals surface area contributed by atoms with Gasteiger partial charge in [0.15, 0.2) is 53.7 Å². The number of ether oxygens (including phenoxy) is 4. The van der Waals surface area contributed by atoms with Crippen molar-refractivity contribution in [2.75, 3.05) is 101 Å². The Bertz CT molecular complexity index is 3560. The minimum atomic E-state index is -1.54. The number of pyridine rings is 4. The predicted molar refractivity (Wildman–Crippen MR) is 394 cm³/mol. The van der Waals surface area contributed by atoms with Crippen LogP contribution in [0.1, 0.15) is 50.6 Å². The molecule has 0 unspecified atom stereocenters. The Kier molecular flexibility index (Phi) is 23.1. The van der Waals surface area contributed by atoms with Gasteiger partial charge >= 0.3 is 0 Å². The minimum Gasteiger partial charge on any atom is -0.397 e. The van der Waals surface area contributed by atoms with E-state index >= 15 is 0 Å². The molecule has 4 aliphatic heterocycles. The molecule has 0 aromatic carbocycles. The van der Waals surface area contributed by atoms with Crippen molar-refractivity contribution in [2.45, 2.75) is 120 Å². The Morgan fingerprint density at radius 3 is 1.12 bits per heavy atom. The smallest absolute Gasteiger partial charge is 0.173 e. The third-order valence-corrected chi connectivity index (χ3v) is 25.0. The molecule has 24 nitrogen and oxygen atoms in total. The Labute approximate surface area is 563 Å². The lowest BCUT2D eigenvalue weighted by atomic mass is 10.1. The molecule has 504 valence electrons. The fraction of sp³-hybridized carbons (Fsp3) is 0.533. The number of nitrogens with two attached hydrogens (primary N) is 4. The summed E-state index contributed by atoms with van der Waals surface area (Å²) < 4.78 is 45.5. The summed E-state index contributed by atoms with van der Waals surface area (Å²) in [6.07, 6.45) is 28.5. The van der Waals surface area contributed by atoms with E-state index in [1.807, 2.05) is 9.13 Å². The van der Waals surface area contributed by atoms with Crippen LogP contribution in [0.2, 0.25) is 0 Å². The zero-order valence-electron chi connectivity index (χ0n) is 53.0. The van der Waals surface area contributed by atoms with E-state index in [4.69, 9.17) is 53.5 Å². The molecule has 12 heterocycles. The van der Waals surface area contributed by atoms with E-state index in [0.717, 1.165) is 43.9 Å². The van der Waals surface area contributed by atoms with Gasteiger partial charge in [0.1, 0.15) is 39.7 Å². The van der Waals surface area contributed by atoms with Gasteiger partial charge in [-0.1, -0.05) is 38.5 Å². The van der Waals surface area contributed by atoms with E-state index < -0.39 is 82.1 Å². The van der Waals surface area contributed by atoms with Crippen molar-refractivity contribution in [2.24, 2.45) is 0 Å². The highest BCUT2D eigenvalue weighted by Gasteiger charge is 2.48. The van der Waals surface area contributed by atoms with Crippen LogP contribution in [0.3, 0.4) is 0 Å². The number of aromatic nitrogens is 12. The third kappa shape index (κ3) is 16.9. The summed E-state index contributed by atoms with van der Waals surface area (Å²) in [5.74, 6) is 0. The first-order valence-electron chi connectivity index (χ1n) is 30.0. The summed E-state index contributed by atoms with van der Waals surface area (Å²) in [6, 6.07) is 6.79. The molecule has 92 heavy (non-hydrogen) atoms. The number of halogens is 4. The van der Waals surface area contributed by atoms with Gasteiger partial charge in [-0.2, -0.15) is 0 Å². The maximum absolute atomic E-state index is 14.6. The van der Waals surface area contributed by atoms with Crippen LogP contribution in [-0.4, -0.2) is 251 Å². The number of rotatable bonds is 16. The summed E-state index contributed by atoms with van der Waals surface area (Å²) in [7, 11) is 0. The molecule has 4 saturated heterocycles. The first kappa shape index (κ1) is 72.3. The molecule has 12 N–H and O–H groups in total. The molecule has 8 aromatic rings. The second-order valence-corrected chi connectivity index (χ2v) is 47.0. The van der Waals surface area contributed by atoms with Gasteiger partial charge in [0.05, 0.1) is 93.4 Å². The Balaban J connectivity index is 0.000000145. The number of hydrogen-bond donors (Lipinski definition) is 8. The van der Waals surface area contributed by atoms with Crippen molar-refractivity contribution < 1.29 is 43.8 Å². The highest BCUT2D eigenvalue weighted by Crippen LogP contribution is 2.46. The Hall–Kier alpha value is -4.01. The van der Waals surface area contributed by atoms with E-state index in [1.165, 1.54) is 10.9 Å². The van der Waals surface area contributed by atoms with E-state index in [1.54, 1.807) is 72.6 Å². The summed E-state index contributed by atoms with van der Waals surface area (Å²) >= 11 is 12.2. The number of alkyl halides is 4. The summed E-state index contributed by atoms with van der Waals surface area (Å²) in [6.45, 7) is 12.6. The van der Waals surface area contributed by atoms with E-state index in [9.17, 15) is 24.8 Å². The molecule has 16 atom stereocenters. The van der Waals surface area contributed by atoms with E-state index in [0.29, 0.717) is 73.8 Å². The average molecular weight is 1550 g/mol. The molecular weight excluding hydrogens is 1460 g/mol. The average Bonchev–Trinajstić information content (AvgIpc) is 1.65. The predicted octanol–water partition coefficient (Wildman–Crippen LogP) is 8.00. The van der Waals surface area contributed by atoms with Gasteiger partial charge in [0.25, 0.3) is 0 Å². The zero-order valence-corrected chi connectivity index (χ0v) is 61.1. The van der Waals surface area contributed by atoms with Gasteiger partial charge in [-0.05, 0) is 128 Å². The fourth-order valence-electron chi connectivity index (χ4n) is 11.1. The van der Waals surface area contributed by atoms with Gasteiger partial charge < -0.3 is 62.3 Å². The van der Waals surface area contributed by atoms with Crippen LogP contribution in [0, 0.1) is 0 Å². The van der Waals surface area contributed by atoms with Crippen molar-refractivity contribution in [1.29, 1.82) is 0 Å². The molecule has 8 aromatic heterocycles. The quantitative estimate of drug-likeness (QED) is 0.0258. The van der Waals surface area contributed by atoms with Gasteiger partial charge in [-0.3, -0.25) is 18.3 Å². The van der Waals surface area contributed by atoms with Crippen LogP contribution in [-0.2, 0) is 18.9 Å². The topological polar surface area (TPSA) is 345 Å². The van der Waals surface area contributed by atoms with Gasteiger partial charge in [0.2, 0.25) is 0 Å². The number of nitrogen functional groups attached to an aromatic ring is 4. The number of aliphatic hydroxyl groups excluding tert-OH is 4. The lowest BCUT2D eigenvalue weighted by molar-refractivity contribution is -0.0234. The Morgan fingerprint density at radius 1 is 0.467 bits per heavy atom. The highest BCUT2D eigenvalue weighted by molar-refractivity contribution is 14.1. The minimum absolute atomic E-state index is 0.0653. The molecular formula is C60H88BrClFIN16O8P4. The third-order valence-electron chi connectivity index (χ3n) is 16.3. The van der Waals surface area contributed by atoms with Crippen molar-refractivity contribution in [3.8, 4) is 0 Å². The fourth-order valence-corrected chi connectivity index (χ4v) is 17.0. The number of aliphatic hydroxyl groups is 4. The highest BCUT2D eigenvalue weighted by atomic mass is 127. The van der Waals surface area contributed by atoms with Crippen LogP contribution < -0.4 is 22.9 Å². The van der Waals surface area contributed by atoms with E-state index in [2.05, 4.69) is 157 Å². The number of anilines is 4. The standard InChI is InChI=1S/C15H22BrN4O2P.C15H22ClN4O2P.C15H22FN4O2P.C15H22IN4O2P/c4*1-23(2,3)7-5-10-13(21)11(16)15(22-10)20-8-19-12-9(17)4-6-18-14(12)20/h4*4,6,8,10-11,13,15,21H,1,5,7H2,2-3H3,(H2,17,18)/t4*10-,11-,13-,15-/m1111/s1. The van der Waals surface area contributed by atoms with Crippen LogP contribution in [0.5, 0.6) is 0 Å². The van der Waals surface area contributed by atoms with Crippen molar-refractivity contribution >= 4 is 170 Å². The van der Waals surface area contributed by atoms with Crippen LogP contribution in [0.25, 0.3) is 44.7 Å². The molecule has 0 radical (unpaired) electrons. The monoisotopic (exact) mass is 1540 g/mol. The maximum Gasteiger partial charge on any atom is 0.173 e. The van der Waals surface area contributed by atoms with Crippen LogP contribution >= 0.6 is 77.7 Å². The zero-order chi connectivity index (χ0) is 67.1. The summed E-state index contributed by atoms with van der Waals surface area (Å²) in [5.41, 5.74) is 30.7. The number of imidazole rings is 4. The molecule has 32 heteroatoms. The van der Waals surface area contributed by atoms with Gasteiger partial charge in [-0.15, -0.1) is 64.3 Å². The number of fused-ring (bicyclic) bond motifs is 4. The normalized spacial score (nSPS) is 28.5. The molecule has 0 aliphatic carbocycles. The lowest BCUT2D eigenvalue weighted by Gasteiger charge is -2.19. The molecule has 12 rings (SSSR count). The summed E-state index contributed by atoms with van der Waals surface area (Å²) in [5, 5.41) is 41.0. The van der Waals surface area contributed by atoms with Crippen LogP contribution in [0.15, 0.2) is 74.4 Å². The molecule has 0 spiro atoms. The molecule has 0 amide bonds. The first-order chi connectivity index (χ1) is 43.1. The maximum atomic E-state index is 14.6. The summed E-state index contributed by atoms with van der Waals surface area (Å²) in [4.78, 5) is 34.1. The second kappa shape index (κ2) is 29.4. The molecule has 0 bridgehead atoms. The van der Waals surface area contributed by atoms with Crippen molar-refractivity contribution in [3.63, 3.8) is 0 Å². The lowest BCUT2D eigenvalue weighted by Crippen LogP contribution is -2.29. The van der Waals surface area contributed by atoms with Gasteiger partial charge in [-0.25, -0.2) is 44.3 Å². The largest absolute Gasteiger partial charge is 0.397 e. The molecule has 4 aliphatic rings. The second-order valence-electron chi connectivity index (χ2n) is 26.7. The van der Waals surface area contributed by atoms with Crippen LogP contribution in [0.4, 0.5) is 27.1 Å². The van der Waals surface area contributed by atoms with Crippen molar-refractivity contribution in [3.05, 3.63) is 74.4 Å². The molecule has 4 fully saturated rings. The SMILES string of the molecule is C=P(C)(C)CC[C@H]1O[C@@H](n2cnc3c(N)ccnc32)[C@H](Br)[C@@H]1O.C=P(C)(C)CC[C@H]1O[C@@H](n2cnc3c(N)ccnc32)[C@H](Cl)[C@@H]1O.C=P(C)(C)CC[C@H]1O[C@@H](n2cnc3c(N)ccnc32)[C@H](F)[C@@H]1O.C=P(C)(C)CC[C@H]1O[C@@H](n2cnc3c(N)ccnc32)[C@H](I)[C@@H]1O.